The normalized spacial score (nSPS) is 10.6. The van der Waals surface area contributed by atoms with Gasteiger partial charge in [0.05, 0.1) is 22.6 Å². The second kappa shape index (κ2) is 15.9. The molecule has 0 spiro atoms. The number of unbranched alkanes of at least 4 members (excludes halogenated alkanes) is 10. The van der Waals surface area contributed by atoms with Gasteiger partial charge in [0.25, 0.3) is 0 Å². The molecule has 4 nitrogen and oxygen atoms in total. The molecule has 0 heterocycles. The van der Waals surface area contributed by atoms with E-state index in [1.807, 2.05) is 0 Å². The first kappa shape index (κ1) is 23.9. The van der Waals surface area contributed by atoms with Crippen LogP contribution in [0.1, 0.15) is 89.5 Å². The van der Waals surface area contributed by atoms with Gasteiger partial charge in [0.2, 0.25) is 0 Å². The molecule has 1 rings (SSSR count). The molecule has 0 aliphatic heterocycles. The van der Waals surface area contributed by atoms with Crippen LogP contribution < -0.4 is 4.74 Å². The molecule has 0 N–H and O–H groups in total. The number of ether oxygens (including phenoxy) is 2. The van der Waals surface area contributed by atoms with Gasteiger partial charge in [-0.1, -0.05) is 83.3 Å². The van der Waals surface area contributed by atoms with Crippen LogP contribution in [0.4, 0.5) is 4.79 Å². The Bertz CT molecular complexity index is 528. The maximum absolute atomic E-state index is 11.9. The molecular formula is C22H33IO4. The summed E-state index contributed by atoms with van der Waals surface area (Å²) in [6, 6.07) is 7.05. The van der Waals surface area contributed by atoms with Gasteiger partial charge < -0.3 is 9.47 Å². The summed E-state index contributed by atoms with van der Waals surface area (Å²) < 4.78 is 9.91. The fourth-order valence-corrected chi connectivity index (χ4v) is 3.07. The SMILES string of the molecule is CCCCCCCCCCCCCC(=O)Oc1ccc(COC(=O)I)cc1. The highest BCUT2D eigenvalue weighted by Gasteiger charge is 2.05. The van der Waals surface area contributed by atoms with E-state index in [2.05, 4.69) is 6.92 Å². The lowest BCUT2D eigenvalue weighted by Gasteiger charge is -2.06. The molecule has 27 heavy (non-hydrogen) atoms. The van der Waals surface area contributed by atoms with Crippen molar-refractivity contribution in [1.82, 2.24) is 0 Å². The number of hydrogen-bond acceptors (Lipinski definition) is 4. The van der Waals surface area contributed by atoms with Crippen molar-refractivity contribution in [3.8, 4) is 5.75 Å². The highest BCUT2D eigenvalue weighted by molar-refractivity contribution is 14.1. The van der Waals surface area contributed by atoms with E-state index in [4.69, 9.17) is 9.47 Å². The van der Waals surface area contributed by atoms with E-state index in [9.17, 15) is 9.59 Å². The third-order valence-electron chi connectivity index (χ3n) is 4.49. The van der Waals surface area contributed by atoms with Gasteiger partial charge in [0, 0.05) is 6.42 Å². The highest BCUT2D eigenvalue weighted by atomic mass is 127. The molecule has 5 heteroatoms. The maximum atomic E-state index is 11.9. The minimum atomic E-state index is -0.338. The van der Waals surface area contributed by atoms with E-state index in [0.29, 0.717) is 12.2 Å². The van der Waals surface area contributed by atoms with Gasteiger partial charge in [0.15, 0.2) is 0 Å². The lowest BCUT2D eigenvalue weighted by molar-refractivity contribution is -0.134. The molecular weight excluding hydrogens is 455 g/mol. The topological polar surface area (TPSA) is 52.6 Å². The predicted molar refractivity (Wildman–Crippen MR) is 117 cm³/mol. The number of hydrogen-bond donors (Lipinski definition) is 0. The third-order valence-corrected chi connectivity index (χ3v) is 4.80. The summed E-state index contributed by atoms with van der Waals surface area (Å²) in [6.45, 7) is 2.48. The Morgan fingerprint density at radius 2 is 1.33 bits per heavy atom. The second-order valence-electron chi connectivity index (χ2n) is 6.93. The molecule has 0 aliphatic carbocycles. The molecule has 0 unspecified atom stereocenters. The zero-order valence-corrected chi connectivity index (χ0v) is 18.7. The smallest absolute Gasteiger partial charge is 0.367 e. The Morgan fingerprint density at radius 3 is 1.85 bits per heavy atom. The average Bonchev–Trinajstić information content (AvgIpc) is 2.65. The Hall–Kier alpha value is -1.11. The largest absolute Gasteiger partial charge is 0.453 e. The quantitative estimate of drug-likeness (QED) is 0.0851. The summed E-state index contributed by atoms with van der Waals surface area (Å²) in [5.41, 5.74) is 0.866. The maximum Gasteiger partial charge on any atom is 0.367 e. The van der Waals surface area contributed by atoms with E-state index in [1.165, 1.54) is 57.8 Å². The Morgan fingerprint density at radius 1 is 0.815 bits per heavy atom. The van der Waals surface area contributed by atoms with Gasteiger partial charge in [-0.2, -0.15) is 0 Å². The molecule has 0 fully saturated rings. The number of benzene rings is 1. The van der Waals surface area contributed by atoms with Crippen molar-refractivity contribution >= 4 is 32.5 Å². The van der Waals surface area contributed by atoms with Crippen molar-refractivity contribution in [2.45, 2.75) is 90.6 Å². The molecule has 0 aliphatic rings. The lowest BCUT2D eigenvalue weighted by atomic mass is 10.1. The number of rotatable bonds is 15. The van der Waals surface area contributed by atoms with Crippen molar-refractivity contribution in [3.05, 3.63) is 29.8 Å². The minimum absolute atomic E-state index is 0.183. The summed E-state index contributed by atoms with van der Waals surface area (Å²) in [5, 5.41) is 0. The average molecular weight is 488 g/mol. The van der Waals surface area contributed by atoms with E-state index in [1.54, 1.807) is 46.9 Å². The first-order valence-corrected chi connectivity index (χ1v) is 11.3. The standard InChI is InChI=1S/C22H33IO4/c1-2-3-4-5-6-7-8-9-10-11-12-13-21(24)27-20-16-14-19(15-17-20)18-26-22(23)25/h14-17H,2-13,18H2,1H3. The third kappa shape index (κ3) is 13.7. The van der Waals surface area contributed by atoms with Gasteiger partial charge in [-0.15, -0.1) is 0 Å². The molecule has 152 valence electrons. The summed E-state index contributed by atoms with van der Waals surface area (Å²) in [6.07, 6.45) is 14.4. The zero-order valence-electron chi connectivity index (χ0n) is 16.5. The van der Waals surface area contributed by atoms with Gasteiger partial charge in [-0.3, -0.25) is 4.79 Å². The van der Waals surface area contributed by atoms with Crippen LogP contribution >= 0.6 is 22.6 Å². The fraction of sp³-hybridized carbons (Fsp3) is 0.636. The van der Waals surface area contributed by atoms with Crippen LogP contribution in [0.5, 0.6) is 5.75 Å². The lowest BCUT2D eigenvalue weighted by Crippen LogP contribution is -2.07. The first-order valence-electron chi connectivity index (χ1n) is 10.2. The molecule has 0 saturated carbocycles. The van der Waals surface area contributed by atoms with Crippen molar-refractivity contribution in [1.29, 1.82) is 0 Å². The van der Waals surface area contributed by atoms with Gasteiger partial charge >= 0.3 is 9.95 Å². The Kier molecular flexibility index (Phi) is 14.1. The van der Waals surface area contributed by atoms with Crippen LogP contribution in [-0.2, 0) is 16.1 Å². The van der Waals surface area contributed by atoms with E-state index >= 15 is 0 Å². The molecule has 0 atom stereocenters. The van der Waals surface area contributed by atoms with E-state index < -0.39 is 0 Å². The zero-order chi connectivity index (χ0) is 19.7. The van der Waals surface area contributed by atoms with Crippen molar-refractivity contribution in [2.24, 2.45) is 0 Å². The molecule has 0 radical (unpaired) electrons. The van der Waals surface area contributed by atoms with E-state index in [0.717, 1.165) is 18.4 Å². The highest BCUT2D eigenvalue weighted by Crippen LogP contribution is 2.16. The predicted octanol–water partition coefficient (Wildman–Crippen LogP) is 7.36. The first-order chi connectivity index (χ1) is 13.1. The summed E-state index contributed by atoms with van der Waals surface area (Å²) in [4.78, 5) is 22.7. The molecule has 0 saturated heterocycles. The number of esters is 1. The van der Waals surface area contributed by atoms with Crippen LogP contribution in [0.15, 0.2) is 24.3 Å². The number of halogens is 1. The second-order valence-corrected chi connectivity index (χ2v) is 7.81. The molecule has 1 aromatic rings. The number of carbonyl (C=O) groups is 2. The van der Waals surface area contributed by atoms with Gasteiger partial charge in [-0.25, -0.2) is 4.79 Å². The van der Waals surface area contributed by atoms with Gasteiger partial charge in [-0.05, 0) is 24.1 Å². The molecule has 0 amide bonds. The van der Waals surface area contributed by atoms with E-state index in [-0.39, 0.29) is 16.6 Å². The number of carbonyl (C=O) groups excluding carboxylic acids is 2. The summed E-state index contributed by atoms with van der Waals surface area (Å²) in [5.74, 6) is 0.352. The minimum Gasteiger partial charge on any atom is -0.453 e. The monoisotopic (exact) mass is 488 g/mol. The molecule has 0 aromatic heterocycles. The van der Waals surface area contributed by atoms with Crippen molar-refractivity contribution < 1.29 is 19.1 Å². The Balaban J connectivity index is 2.01. The van der Waals surface area contributed by atoms with Crippen LogP contribution in [0.25, 0.3) is 0 Å². The molecule has 1 aromatic carbocycles. The van der Waals surface area contributed by atoms with Crippen molar-refractivity contribution in [3.63, 3.8) is 0 Å². The summed E-state index contributed by atoms with van der Waals surface area (Å²) in [7, 11) is 0. The molecule has 0 bridgehead atoms. The van der Waals surface area contributed by atoms with Crippen LogP contribution in [-0.4, -0.2) is 9.95 Å². The van der Waals surface area contributed by atoms with Crippen molar-refractivity contribution in [2.75, 3.05) is 0 Å². The van der Waals surface area contributed by atoms with Crippen LogP contribution in [0.3, 0.4) is 0 Å². The van der Waals surface area contributed by atoms with Gasteiger partial charge in [0.1, 0.15) is 12.4 Å². The van der Waals surface area contributed by atoms with Crippen LogP contribution in [0.2, 0.25) is 0 Å². The summed E-state index contributed by atoms with van der Waals surface area (Å²) >= 11 is 1.59. The van der Waals surface area contributed by atoms with Crippen LogP contribution in [0, 0.1) is 0 Å². The Labute approximate surface area is 177 Å². The fourth-order valence-electron chi connectivity index (χ4n) is 2.91.